The fraction of sp³-hybridized carbons (Fsp3) is 0.417. The molecule has 0 spiro atoms. The molecular formula is C12H17NO2. The van der Waals surface area contributed by atoms with Crippen molar-refractivity contribution < 1.29 is 9.90 Å². The van der Waals surface area contributed by atoms with Gasteiger partial charge in [-0.3, -0.25) is 0 Å². The summed E-state index contributed by atoms with van der Waals surface area (Å²) in [5.74, 6) is -0.614. The summed E-state index contributed by atoms with van der Waals surface area (Å²) in [6.45, 7) is 5.95. The number of rotatable bonds is 3. The van der Waals surface area contributed by atoms with E-state index in [1.807, 2.05) is 26.8 Å². The van der Waals surface area contributed by atoms with Crippen molar-refractivity contribution in [1.82, 2.24) is 0 Å². The minimum atomic E-state index is -0.902. The van der Waals surface area contributed by atoms with E-state index in [0.717, 1.165) is 11.1 Å². The maximum Gasteiger partial charge on any atom is 0.336 e. The quantitative estimate of drug-likeness (QED) is 0.749. The van der Waals surface area contributed by atoms with E-state index >= 15 is 0 Å². The van der Waals surface area contributed by atoms with Crippen molar-refractivity contribution in [2.45, 2.75) is 33.1 Å². The average molecular weight is 207 g/mol. The van der Waals surface area contributed by atoms with Crippen LogP contribution in [-0.4, -0.2) is 11.1 Å². The summed E-state index contributed by atoms with van der Waals surface area (Å²) in [6.07, 6.45) is 0.645. The van der Waals surface area contributed by atoms with E-state index in [4.69, 9.17) is 10.8 Å². The molecule has 1 aromatic carbocycles. The van der Waals surface area contributed by atoms with Crippen LogP contribution in [0.4, 0.5) is 5.69 Å². The Balaban J connectivity index is 3.38. The molecule has 0 radical (unpaired) electrons. The van der Waals surface area contributed by atoms with Crippen LogP contribution in [0.25, 0.3) is 0 Å². The van der Waals surface area contributed by atoms with Gasteiger partial charge in [0.1, 0.15) is 0 Å². The molecule has 1 rings (SSSR count). The molecule has 0 saturated carbocycles. The Labute approximate surface area is 89.9 Å². The highest BCUT2D eigenvalue weighted by atomic mass is 16.4. The third-order valence-corrected chi connectivity index (χ3v) is 2.56. The van der Waals surface area contributed by atoms with Crippen LogP contribution in [-0.2, 0) is 6.42 Å². The van der Waals surface area contributed by atoms with E-state index in [0.29, 0.717) is 17.7 Å². The summed E-state index contributed by atoms with van der Waals surface area (Å²) in [7, 11) is 0. The Bertz CT molecular complexity index is 383. The minimum absolute atomic E-state index is 0.288. The van der Waals surface area contributed by atoms with Crippen molar-refractivity contribution in [2.75, 3.05) is 5.73 Å². The molecule has 0 heterocycles. The molecule has 0 saturated heterocycles. The van der Waals surface area contributed by atoms with Crippen LogP contribution in [0.15, 0.2) is 12.1 Å². The van der Waals surface area contributed by atoms with Crippen LogP contribution in [0.3, 0.4) is 0 Å². The summed E-state index contributed by atoms with van der Waals surface area (Å²) in [6, 6.07) is 3.60. The molecule has 0 aromatic heterocycles. The van der Waals surface area contributed by atoms with Gasteiger partial charge in [0.2, 0.25) is 0 Å². The first-order valence-corrected chi connectivity index (χ1v) is 5.13. The number of aromatic carboxylic acids is 1. The van der Waals surface area contributed by atoms with Crippen LogP contribution >= 0.6 is 0 Å². The van der Waals surface area contributed by atoms with Gasteiger partial charge >= 0.3 is 5.97 Å². The van der Waals surface area contributed by atoms with Crippen molar-refractivity contribution in [3.8, 4) is 0 Å². The van der Waals surface area contributed by atoms with E-state index in [1.165, 1.54) is 0 Å². The number of carbonyl (C=O) groups is 1. The Morgan fingerprint density at radius 1 is 1.47 bits per heavy atom. The molecule has 82 valence electrons. The minimum Gasteiger partial charge on any atom is -0.478 e. The van der Waals surface area contributed by atoms with Crippen molar-refractivity contribution in [3.63, 3.8) is 0 Å². The Hall–Kier alpha value is -1.51. The number of nitrogens with two attached hydrogens (primary N) is 1. The molecule has 0 aliphatic heterocycles. The molecular weight excluding hydrogens is 190 g/mol. The Morgan fingerprint density at radius 2 is 2.07 bits per heavy atom. The molecule has 0 bridgehead atoms. The van der Waals surface area contributed by atoms with Gasteiger partial charge in [-0.05, 0) is 35.6 Å². The van der Waals surface area contributed by atoms with Crippen LogP contribution < -0.4 is 5.73 Å². The SMILES string of the molecule is CCc1c(N)cc(C(C)C)cc1C(=O)O. The standard InChI is InChI=1S/C12H17NO2/c1-4-9-10(12(14)15)5-8(7(2)3)6-11(9)13/h5-7H,4,13H2,1-3H3,(H,14,15). The zero-order chi connectivity index (χ0) is 11.6. The van der Waals surface area contributed by atoms with Crippen LogP contribution in [0.2, 0.25) is 0 Å². The zero-order valence-electron chi connectivity index (χ0n) is 9.37. The zero-order valence-corrected chi connectivity index (χ0v) is 9.37. The van der Waals surface area contributed by atoms with Gasteiger partial charge < -0.3 is 10.8 Å². The molecule has 0 unspecified atom stereocenters. The molecule has 0 aliphatic rings. The predicted molar refractivity (Wildman–Crippen MR) is 61.3 cm³/mol. The second-order valence-corrected chi connectivity index (χ2v) is 3.95. The smallest absolute Gasteiger partial charge is 0.336 e. The van der Waals surface area contributed by atoms with Gasteiger partial charge in [0, 0.05) is 5.69 Å². The lowest BCUT2D eigenvalue weighted by molar-refractivity contribution is 0.0695. The van der Waals surface area contributed by atoms with E-state index in [9.17, 15) is 4.79 Å². The van der Waals surface area contributed by atoms with Crippen LogP contribution in [0.1, 0.15) is 48.2 Å². The maximum absolute atomic E-state index is 11.1. The number of anilines is 1. The molecule has 0 atom stereocenters. The molecule has 3 nitrogen and oxygen atoms in total. The molecule has 3 heteroatoms. The van der Waals surface area contributed by atoms with Gasteiger partial charge in [-0.1, -0.05) is 20.8 Å². The lowest BCUT2D eigenvalue weighted by Crippen LogP contribution is -2.07. The predicted octanol–water partition coefficient (Wildman–Crippen LogP) is 2.65. The normalized spacial score (nSPS) is 10.7. The highest BCUT2D eigenvalue weighted by Crippen LogP contribution is 2.25. The third kappa shape index (κ3) is 2.29. The van der Waals surface area contributed by atoms with E-state index in [2.05, 4.69) is 0 Å². The number of hydrogen-bond donors (Lipinski definition) is 2. The lowest BCUT2D eigenvalue weighted by atomic mass is 9.94. The van der Waals surface area contributed by atoms with Crippen molar-refractivity contribution in [1.29, 1.82) is 0 Å². The van der Waals surface area contributed by atoms with E-state index in [1.54, 1.807) is 6.07 Å². The molecule has 1 aromatic rings. The summed E-state index contributed by atoms with van der Waals surface area (Å²) >= 11 is 0. The van der Waals surface area contributed by atoms with Crippen LogP contribution in [0.5, 0.6) is 0 Å². The maximum atomic E-state index is 11.1. The first-order valence-electron chi connectivity index (χ1n) is 5.13. The number of carboxylic acids is 1. The Kier molecular flexibility index (Phi) is 3.35. The van der Waals surface area contributed by atoms with Gasteiger partial charge in [0.15, 0.2) is 0 Å². The van der Waals surface area contributed by atoms with E-state index in [-0.39, 0.29) is 5.92 Å². The average Bonchev–Trinajstić information content (AvgIpc) is 2.16. The van der Waals surface area contributed by atoms with E-state index < -0.39 is 5.97 Å². The number of benzene rings is 1. The molecule has 0 amide bonds. The van der Waals surface area contributed by atoms with Crippen molar-refractivity contribution in [2.24, 2.45) is 0 Å². The topological polar surface area (TPSA) is 63.3 Å². The Morgan fingerprint density at radius 3 is 2.47 bits per heavy atom. The summed E-state index contributed by atoms with van der Waals surface area (Å²) < 4.78 is 0. The fourth-order valence-corrected chi connectivity index (χ4v) is 1.64. The fourth-order valence-electron chi connectivity index (χ4n) is 1.64. The summed E-state index contributed by atoms with van der Waals surface area (Å²) in [5.41, 5.74) is 8.47. The largest absolute Gasteiger partial charge is 0.478 e. The highest BCUT2D eigenvalue weighted by molar-refractivity contribution is 5.91. The second-order valence-electron chi connectivity index (χ2n) is 3.95. The van der Waals surface area contributed by atoms with Gasteiger partial charge in [-0.25, -0.2) is 4.79 Å². The van der Waals surface area contributed by atoms with Crippen molar-refractivity contribution in [3.05, 3.63) is 28.8 Å². The third-order valence-electron chi connectivity index (χ3n) is 2.56. The first kappa shape index (κ1) is 11.6. The lowest BCUT2D eigenvalue weighted by Gasteiger charge is -2.12. The monoisotopic (exact) mass is 207 g/mol. The highest BCUT2D eigenvalue weighted by Gasteiger charge is 2.14. The number of hydrogen-bond acceptors (Lipinski definition) is 2. The molecule has 0 aliphatic carbocycles. The van der Waals surface area contributed by atoms with Crippen molar-refractivity contribution >= 4 is 11.7 Å². The van der Waals surface area contributed by atoms with Gasteiger partial charge in [0.25, 0.3) is 0 Å². The van der Waals surface area contributed by atoms with Crippen LogP contribution in [0, 0.1) is 0 Å². The second kappa shape index (κ2) is 4.34. The van der Waals surface area contributed by atoms with Gasteiger partial charge in [-0.15, -0.1) is 0 Å². The number of carboxylic acid groups (broad SMARTS) is 1. The summed E-state index contributed by atoms with van der Waals surface area (Å²) in [5, 5.41) is 9.07. The van der Waals surface area contributed by atoms with Gasteiger partial charge in [0.05, 0.1) is 5.56 Å². The first-order chi connectivity index (χ1) is 6.97. The van der Waals surface area contributed by atoms with Gasteiger partial charge in [-0.2, -0.15) is 0 Å². The summed E-state index contributed by atoms with van der Waals surface area (Å²) in [4.78, 5) is 11.1. The molecule has 0 fully saturated rings. The molecule has 3 N–H and O–H groups in total. The number of nitrogen functional groups attached to an aromatic ring is 1. The molecule has 15 heavy (non-hydrogen) atoms.